The molecular weight excluding hydrogens is 865 g/mol. The molecule has 0 heterocycles. The molecular formula is C72H42. The first kappa shape index (κ1) is 43.2. The third kappa shape index (κ3) is 7.20. The molecule has 0 amide bonds. The van der Waals surface area contributed by atoms with Gasteiger partial charge in [0, 0.05) is 22.3 Å². The molecule has 0 unspecified atom stereocenters. The second kappa shape index (κ2) is 18.1. The fourth-order valence-electron chi connectivity index (χ4n) is 10.9. The van der Waals surface area contributed by atoms with Gasteiger partial charge in [-0.05, 0) is 164 Å². The first-order chi connectivity index (χ1) is 35.6. The van der Waals surface area contributed by atoms with Crippen molar-refractivity contribution >= 4 is 32.3 Å². The maximum Gasteiger partial charge on any atom is 0.0477 e. The minimum Gasteiger partial charge on any atom is -0.115 e. The average molecular weight is 907 g/mol. The molecule has 0 aromatic heterocycles. The molecule has 12 rings (SSSR count). The van der Waals surface area contributed by atoms with E-state index in [1.807, 2.05) is 24.3 Å². The van der Waals surface area contributed by atoms with E-state index >= 15 is 0 Å². The Morgan fingerprint density at radius 2 is 0.556 bits per heavy atom. The van der Waals surface area contributed by atoms with Crippen LogP contribution in [-0.2, 0) is 0 Å². The number of hydrogen-bond donors (Lipinski definition) is 0. The van der Waals surface area contributed by atoms with Crippen LogP contribution in [0.15, 0.2) is 231 Å². The molecule has 0 atom stereocenters. The van der Waals surface area contributed by atoms with Gasteiger partial charge >= 0.3 is 0 Å². The van der Waals surface area contributed by atoms with Crippen molar-refractivity contribution in [1.82, 2.24) is 0 Å². The summed E-state index contributed by atoms with van der Waals surface area (Å²) in [6.07, 6.45) is 25.0. The van der Waals surface area contributed by atoms with E-state index in [4.69, 9.17) is 25.7 Å². The van der Waals surface area contributed by atoms with E-state index in [-0.39, 0.29) is 0 Å². The first-order valence-corrected chi connectivity index (χ1v) is 24.0. The van der Waals surface area contributed by atoms with Gasteiger partial charge in [-0.1, -0.05) is 212 Å². The lowest BCUT2D eigenvalue weighted by atomic mass is 9.80. The van der Waals surface area contributed by atoms with Gasteiger partial charge in [0.05, 0.1) is 0 Å². The molecule has 0 saturated heterocycles. The summed E-state index contributed by atoms with van der Waals surface area (Å²) in [5, 5.41) is 7.23. The van der Waals surface area contributed by atoms with Gasteiger partial charge in [0.2, 0.25) is 0 Å². The molecule has 72 heavy (non-hydrogen) atoms. The van der Waals surface area contributed by atoms with E-state index < -0.39 is 0 Å². The van der Waals surface area contributed by atoms with Crippen molar-refractivity contribution < 1.29 is 0 Å². The summed E-state index contributed by atoms with van der Waals surface area (Å²) in [4.78, 5) is 0. The minimum atomic E-state index is 0.649. The number of hydrogen-bond acceptors (Lipinski definition) is 0. The second-order valence-electron chi connectivity index (χ2n) is 18.0. The topological polar surface area (TPSA) is 0 Å². The van der Waals surface area contributed by atoms with Crippen molar-refractivity contribution in [2.24, 2.45) is 0 Å². The van der Waals surface area contributed by atoms with Crippen LogP contribution in [0.3, 0.4) is 0 Å². The van der Waals surface area contributed by atoms with Gasteiger partial charge in [-0.15, -0.1) is 25.7 Å². The quantitative estimate of drug-likeness (QED) is 0.105. The van der Waals surface area contributed by atoms with Crippen LogP contribution in [0.25, 0.3) is 121 Å². The predicted molar refractivity (Wildman–Crippen MR) is 305 cm³/mol. The summed E-state index contributed by atoms with van der Waals surface area (Å²) < 4.78 is 0. The van der Waals surface area contributed by atoms with Gasteiger partial charge in [-0.25, -0.2) is 0 Å². The average Bonchev–Trinajstić information content (AvgIpc) is 3.46. The highest BCUT2D eigenvalue weighted by molar-refractivity contribution is 6.32. The molecule has 330 valence electrons. The standard InChI is InChI=1S/C72H42/c1-5-47-32-21-34-58(56(47)7-3)60-36-23-37-61(59-35-22-33-48(6-2)57(59)8-4)70(60)55-43-53(49-24-13-9-14-25-49)42-54(44-55)69-46-68(52-30-19-12-20-31-52)64-39-38-62-66(50-26-15-10-16-27-50)45-67(51-28-17-11-18-29-51)63-40-41-65(69)72(64)71(62)63/h1-4,9-46H. The van der Waals surface area contributed by atoms with Crippen LogP contribution in [0.4, 0.5) is 0 Å². The van der Waals surface area contributed by atoms with Crippen LogP contribution in [0, 0.1) is 49.4 Å². The Morgan fingerprint density at radius 3 is 0.944 bits per heavy atom. The second-order valence-corrected chi connectivity index (χ2v) is 18.0. The van der Waals surface area contributed by atoms with Gasteiger partial charge in [0.1, 0.15) is 0 Å². The zero-order chi connectivity index (χ0) is 48.7. The predicted octanol–water partition coefficient (Wildman–Crippen LogP) is 17.8. The Hall–Kier alpha value is -10.1. The fraction of sp³-hybridized carbons (Fsp3) is 0. The molecule has 0 aliphatic rings. The largest absolute Gasteiger partial charge is 0.115 e. The zero-order valence-corrected chi connectivity index (χ0v) is 39.2. The van der Waals surface area contributed by atoms with Gasteiger partial charge in [-0.3, -0.25) is 0 Å². The Morgan fingerprint density at radius 1 is 0.222 bits per heavy atom. The molecule has 12 aromatic carbocycles. The summed E-state index contributed by atoms with van der Waals surface area (Å²) in [5.74, 6) is 11.6. The van der Waals surface area contributed by atoms with Gasteiger partial charge in [-0.2, -0.15) is 0 Å². The first-order valence-electron chi connectivity index (χ1n) is 24.0. The van der Waals surface area contributed by atoms with Crippen molar-refractivity contribution in [2.45, 2.75) is 0 Å². The molecule has 0 radical (unpaired) electrons. The maximum atomic E-state index is 6.35. The molecule has 0 fully saturated rings. The highest BCUT2D eigenvalue weighted by atomic mass is 14.3. The van der Waals surface area contributed by atoms with E-state index in [2.05, 4.69) is 230 Å². The Bertz CT molecular complexity index is 4110. The SMILES string of the molecule is C#Cc1cccc(-c2cccc(-c3cccc(C#C)c3C#C)c2-c2cc(-c3ccccc3)cc(-c3cc(-c4ccccc4)c4ccc5c(-c6ccccc6)cc(-c6ccccc6)c6ccc3c4c56)c2)c1C#C. The zero-order valence-electron chi connectivity index (χ0n) is 39.2. The van der Waals surface area contributed by atoms with Gasteiger partial charge < -0.3 is 0 Å². The van der Waals surface area contributed by atoms with Crippen LogP contribution >= 0.6 is 0 Å². The van der Waals surface area contributed by atoms with Crippen molar-refractivity contribution in [3.8, 4) is 138 Å². The van der Waals surface area contributed by atoms with Crippen molar-refractivity contribution in [1.29, 1.82) is 0 Å². The Labute approximate surface area is 421 Å². The molecule has 0 bridgehead atoms. The minimum absolute atomic E-state index is 0.649. The molecule has 0 saturated carbocycles. The van der Waals surface area contributed by atoms with E-state index in [0.717, 1.165) is 72.1 Å². The molecule has 0 aliphatic heterocycles. The lowest BCUT2D eigenvalue weighted by Crippen LogP contribution is -1.98. The molecule has 0 spiro atoms. The normalized spacial score (nSPS) is 11.0. The Kier molecular flexibility index (Phi) is 10.9. The van der Waals surface area contributed by atoms with Crippen LogP contribution < -0.4 is 0 Å². The summed E-state index contributed by atoms with van der Waals surface area (Å²) >= 11 is 0. The molecule has 0 N–H and O–H groups in total. The summed E-state index contributed by atoms with van der Waals surface area (Å²) in [6.45, 7) is 0. The number of terminal acetylenes is 4. The monoisotopic (exact) mass is 906 g/mol. The third-order valence-corrected chi connectivity index (χ3v) is 14.2. The van der Waals surface area contributed by atoms with E-state index in [1.165, 1.54) is 49.2 Å². The number of benzene rings is 12. The van der Waals surface area contributed by atoms with Crippen LogP contribution in [-0.4, -0.2) is 0 Å². The van der Waals surface area contributed by atoms with Crippen molar-refractivity contribution in [2.75, 3.05) is 0 Å². The molecule has 0 aliphatic carbocycles. The van der Waals surface area contributed by atoms with Crippen LogP contribution in [0.2, 0.25) is 0 Å². The van der Waals surface area contributed by atoms with Crippen molar-refractivity contribution in [3.05, 3.63) is 253 Å². The van der Waals surface area contributed by atoms with Crippen LogP contribution in [0.5, 0.6) is 0 Å². The van der Waals surface area contributed by atoms with Gasteiger partial charge in [0.25, 0.3) is 0 Å². The van der Waals surface area contributed by atoms with Gasteiger partial charge in [0.15, 0.2) is 0 Å². The van der Waals surface area contributed by atoms with E-state index in [9.17, 15) is 0 Å². The summed E-state index contributed by atoms with van der Waals surface area (Å²) in [7, 11) is 0. The Balaban J connectivity index is 1.24. The van der Waals surface area contributed by atoms with Crippen molar-refractivity contribution in [3.63, 3.8) is 0 Å². The molecule has 0 nitrogen and oxygen atoms in total. The fourth-order valence-corrected chi connectivity index (χ4v) is 10.9. The van der Waals surface area contributed by atoms with Crippen LogP contribution in [0.1, 0.15) is 22.3 Å². The third-order valence-electron chi connectivity index (χ3n) is 14.2. The lowest BCUT2D eigenvalue weighted by molar-refractivity contribution is 1.51. The highest BCUT2D eigenvalue weighted by Crippen LogP contribution is 2.50. The maximum absolute atomic E-state index is 6.35. The molecule has 12 aromatic rings. The summed E-state index contributed by atoms with van der Waals surface area (Å²) in [6, 6.07) is 82.1. The summed E-state index contributed by atoms with van der Waals surface area (Å²) in [5.41, 5.74) is 19.4. The number of rotatable bonds is 8. The molecule has 0 heteroatoms. The van der Waals surface area contributed by atoms with E-state index in [1.54, 1.807) is 0 Å². The smallest absolute Gasteiger partial charge is 0.0477 e. The lowest BCUT2D eigenvalue weighted by Gasteiger charge is -2.23. The highest BCUT2D eigenvalue weighted by Gasteiger charge is 2.24. The van der Waals surface area contributed by atoms with E-state index in [0.29, 0.717) is 22.3 Å².